The zero-order chi connectivity index (χ0) is 21.9. The highest BCUT2D eigenvalue weighted by atomic mass is 16.5. The van der Waals surface area contributed by atoms with Gasteiger partial charge in [-0.25, -0.2) is 0 Å². The molecule has 1 N–H and O–H groups in total. The van der Waals surface area contributed by atoms with Gasteiger partial charge in [0.1, 0.15) is 11.8 Å². The Kier molecular flexibility index (Phi) is 9.39. The Morgan fingerprint density at radius 2 is 1.83 bits per heavy atom. The van der Waals surface area contributed by atoms with E-state index in [0.717, 1.165) is 29.7 Å². The van der Waals surface area contributed by atoms with Gasteiger partial charge >= 0.3 is 0 Å². The molecule has 0 radical (unpaired) electrons. The normalized spacial score (nSPS) is 11.6. The molecule has 0 aliphatic heterocycles. The summed E-state index contributed by atoms with van der Waals surface area (Å²) in [4.78, 5) is 27.5. The number of ether oxygens (including phenoxy) is 1. The summed E-state index contributed by atoms with van der Waals surface area (Å²) < 4.78 is 5.30. The van der Waals surface area contributed by atoms with Crippen LogP contribution in [0.4, 0.5) is 0 Å². The van der Waals surface area contributed by atoms with E-state index in [1.165, 1.54) is 5.56 Å². The summed E-state index contributed by atoms with van der Waals surface area (Å²) in [6.45, 7) is 6.92. The molecule has 0 saturated carbocycles. The summed E-state index contributed by atoms with van der Waals surface area (Å²) in [5.41, 5.74) is 3.25. The maximum Gasteiger partial charge on any atom is 0.242 e. The molecule has 2 amide bonds. The molecule has 0 aliphatic rings. The van der Waals surface area contributed by atoms with Gasteiger partial charge in [-0.2, -0.15) is 0 Å². The van der Waals surface area contributed by atoms with Crippen LogP contribution in [0.2, 0.25) is 0 Å². The van der Waals surface area contributed by atoms with Gasteiger partial charge in [-0.05, 0) is 49.9 Å². The number of hydrogen-bond donors (Lipinski definition) is 1. The molecule has 1 unspecified atom stereocenters. The van der Waals surface area contributed by atoms with Crippen molar-refractivity contribution in [3.05, 3.63) is 65.2 Å². The Labute approximate surface area is 180 Å². The van der Waals surface area contributed by atoms with Gasteiger partial charge in [0, 0.05) is 19.5 Å². The quantitative estimate of drug-likeness (QED) is 0.563. The van der Waals surface area contributed by atoms with Crippen LogP contribution in [0.5, 0.6) is 5.75 Å². The summed E-state index contributed by atoms with van der Waals surface area (Å²) in [6, 6.07) is 15.3. The lowest BCUT2D eigenvalue weighted by atomic mass is 10.1. The number of rotatable bonds is 11. The number of hydrogen-bond acceptors (Lipinski definition) is 3. The lowest BCUT2D eigenvalue weighted by molar-refractivity contribution is -0.140. The number of methoxy groups -OCH3 is 1. The SMILES string of the molecule is CCCCNC(=O)C(C)N(Cc1cccc(OC)c1)C(=O)CCc1ccc(C)cc1. The molecule has 0 bridgehead atoms. The first-order valence-electron chi connectivity index (χ1n) is 10.7. The zero-order valence-corrected chi connectivity index (χ0v) is 18.6. The first-order chi connectivity index (χ1) is 14.4. The van der Waals surface area contributed by atoms with Crippen molar-refractivity contribution in [1.82, 2.24) is 10.2 Å². The van der Waals surface area contributed by atoms with Crippen LogP contribution in [0.3, 0.4) is 0 Å². The lowest BCUT2D eigenvalue weighted by Gasteiger charge is -2.29. The first-order valence-corrected chi connectivity index (χ1v) is 10.7. The molecule has 0 spiro atoms. The standard InChI is InChI=1S/C25H34N2O3/c1-5-6-16-26-25(29)20(3)27(18-22-8-7-9-23(17-22)30-4)24(28)15-14-21-12-10-19(2)11-13-21/h7-13,17,20H,5-6,14-16,18H2,1-4H3,(H,26,29). The minimum Gasteiger partial charge on any atom is -0.497 e. The molecule has 2 rings (SSSR count). The van der Waals surface area contributed by atoms with E-state index in [0.29, 0.717) is 25.9 Å². The van der Waals surface area contributed by atoms with E-state index < -0.39 is 6.04 Å². The van der Waals surface area contributed by atoms with E-state index in [1.807, 2.05) is 31.2 Å². The average Bonchev–Trinajstić information content (AvgIpc) is 2.76. The fraction of sp³-hybridized carbons (Fsp3) is 0.440. The fourth-order valence-corrected chi connectivity index (χ4v) is 3.24. The number of unbranched alkanes of at least 4 members (excludes halogenated alkanes) is 1. The van der Waals surface area contributed by atoms with Gasteiger partial charge in [0.25, 0.3) is 0 Å². The summed E-state index contributed by atoms with van der Waals surface area (Å²) in [7, 11) is 1.62. The Morgan fingerprint density at radius 1 is 1.10 bits per heavy atom. The topological polar surface area (TPSA) is 58.6 Å². The van der Waals surface area contributed by atoms with Crippen molar-refractivity contribution in [2.45, 2.75) is 59.0 Å². The first kappa shape index (κ1) is 23.5. The highest BCUT2D eigenvalue weighted by molar-refractivity contribution is 5.87. The van der Waals surface area contributed by atoms with Gasteiger partial charge in [0.05, 0.1) is 7.11 Å². The van der Waals surface area contributed by atoms with Crippen molar-refractivity contribution in [2.24, 2.45) is 0 Å². The highest BCUT2D eigenvalue weighted by Gasteiger charge is 2.25. The monoisotopic (exact) mass is 410 g/mol. The third-order valence-electron chi connectivity index (χ3n) is 5.23. The molecule has 0 aromatic heterocycles. The second-order valence-corrected chi connectivity index (χ2v) is 7.68. The van der Waals surface area contributed by atoms with Gasteiger partial charge in [0.2, 0.25) is 11.8 Å². The van der Waals surface area contributed by atoms with Crippen molar-refractivity contribution in [2.75, 3.05) is 13.7 Å². The molecule has 2 aromatic carbocycles. The summed E-state index contributed by atoms with van der Waals surface area (Å²) in [5.74, 6) is 0.589. The van der Waals surface area contributed by atoms with Crippen LogP contribution in [0.1, 0.15) is 49.8 Å². The van der Waals surface area contributed by atoms with Crippen LogP contribution < -0.4 is 10.1 Å². The molecule has 162 valence electrons. The summed E-state index contributed by atoms with van der Waals surface area (Å²) >= 11 is 0. The molecule has 5 nitrogen and oxygen atoms in total. The molecular formula is C25H34N2O3. The van der Waals surface area contributed by atoms with Gasteiger partial charge in [-0.3, -0.25) is 9.59 Å². The second kappa shape index (κ2) is 12.0. The van der Waals surface area contributed by atoms with E-state index in [4.69, 9.17) is 4.74 Å². The molecule has 0 heterocycles. The average molecular weight is 411 g/mol. The second-order valence-electron chi connectivity index (χ2n) is 7.68. The van der Waals surface area contributed by atoms with Gasteiger partial charge in [-0.1, -0.05) is 55.3 Å². The minimum absolute atomic E-state index is 0.0310. The maximum absolute atomic E-state index is 13.1. The number of carbonyl (C=O) groups is 2. The van der Waals surface area contributed by atoms with E-state index in [-0.39, 0.29) is 11.8 Å². The molecular weight excluding hydrogens is 376 g/mol. The molecule has 2 aromatic rings. The van der Waals surface area contributed by atoms with Crippen molar-refractivity contribution in [3.63, 3.8) is 0 Å². The number of amides is 2. The van der Waals surface area contributed by atoms with E-state index >= 15 is 0 Å². The van der Waals surface area contributed by atoms with Gasteiger partial charge in [0.15, 0.2) is 0 Å². The van der Waals surface area contributed by atoms with Crippen LogP contribution in [0.15, 0.2) is 48.5 Å². The third kappa shape index (κ3) is 7.21. The molecule has 30 heavy (non-hydrogen) atoms. The van der Waals surface area contributed by atoms with Crippen molar-refractivity contribution in [3.8, 4) is 5.75 Å². The molecule has 1 atom stereocenters. The third-order valence-corrected chi connectivity index (χ3v) is 5.23. The zero-order valence-electron chi connectivity index (χ0n) is 18.6. The maximum atomic E-state index is 13.1. The van der Waals surface area contributed by atoms with Crippen LogP contribution in [0.25, 0.3) is 0 Å². The number of benzene rings is 2. The van der Waals surface area contributed by atoms with Crippen LogP contribution in [-0.4, -0.2) is 36.4 Å². The van der Waals surface area contributed by atoms with E-state index in [9.17, 15) is 9.59 Å². The van der Waals surface area contributed by atoms with E-state index in [1.54, 1.807) is 18.9 Å². The van der Waals surface area contributed by atoms with Gasteiger partial charge in [-0.15, -0.1) is 0 Å². The minimum atomic E-state index is -0.543. The van der Waals surface area contributed by atoms with Gasteiger partial charge < -0.3 is 15.0 Å². The highest BCUT2D eigenvalue weighted by Crippen LogP contribution is 2.17. The smallest absolute Gasteiger partial charge is 0.242 e. The lowest BCUT2D eigenvalue weighted by Crippen LogP contribution is -2.47. The number of aryl methyl sites for hydroxylation is 2. The fourth-order valence-electron chi connectivity index (χ4n) is 3.24. The molecule has 0 saturated heterocycles. The molecule has 5 heteroatoms. The van der Waals surface area contributed by atoms with Crippen LogP contribution in [0, 0.1) is 6.92 Å². The van der Waals surface area contributed by atoms with Crippen molar-refractivity contribution in [1.29, 1.82) is 0 Å². The predicted octanol–water partition coefficient (Wildman–Crippen LogP) is 4.27. The molecule has 0 aliphatic carbocycles. The van der Waals surface area contributed by atoms with Crippen LogP contribution >= 0.6 is 0 Å². The number of nitrogens with one attached hydrogen (secondary N) is 1. The Bertz CT molecular complexity index is 817. The Balaban J connectivity index is 2.12. The predicted molar refractivity (Wildman–Crippen MR) is 120 cm³/mol. The number of carbonyl (C=O) groups excluding carboxylic acids is 2. The van der Waals surface area contributed by atoms with Crippen molar-refractivity contribution < 1.29 is 14.3 Å². The van der Waals surface area contributed by atoms with Crippen LogP contribution in [-0.2, 0) is 22.6 Å². The summed E-state index contributed by atoms with van der Waals surface area (Å²) in [6.07, 6.45) is 2.95. The Morgan fingerprint density at radius 3 is 2.50 bits per heavy atom. The molecule has 0 fully saturated rings. The van der Waals surface area contributed by atoms with Crippen molar-refractivity contribution >= 4 is 11.8 Å². The Hall–Kier alpha value is -2.82. The largest absolute Gasteiger partial charge is 0.497 e. The van der Waals surface area contributed by atoms with E-state index in [2.05, 4.69) is 36.5 Å². The number of nitrogens with zero attached hydrogens (tertiary/aromatic N) is 1. The summed E-state index contributed by atoms with van der Waals surface area (Å²) in [5, 5.41) is 2.95.